The van der Waals surface area contributed by atoms with Crippen LogP contribution in [0.15, 0.2) is 29.2 Å². The highest BCUT2D eigenvalue weighted by Crippen LogP contribution is 2.42. The summed E-state index contributed by atoms with van der Waals surface area (Å²) in [5.41, 5.74) is 0.453. The first kappa shape index (κ1) is 16.5. The first-order chi connectivity index (χ1) is 11.5. The molecule has 1 saturated carbocycles. The Hall–Kier alpha value is -0.950. The Morgan fingerprint density at radius 1 is 1.21 bits per heavy atom. The lowest BCUT2D eigenvalue weighted by Gasteiger charge is -2.49. The number of ether oxygens (including phenoxy) is 2. The summed E-state index contributed by atoms with van der Waals surface area (Å²) in [6.45, 7) is 4.97. The van der Waals surface area contributed by atoms with Crippen LogP contribution >= 0.6 is 0 Å². The monoisotopic (exact) mass is 351 g/mol. The minimum atomic E-state index is -3.43. The lowest BCUT2D eigenvalue weighted by Crippen LogP contribution is -2.66. The molecule has 1 aromatic rings. The molecule has 0 bridgehead atoms. The highest BCUT2D eigenvalue weighted by atomic mass is 32.2. The Morgan fingerprint density at radius 3 is 2.67 bits per heavy atom. The van der Waals surface area contributed by atoms with E-state index < -0.39 is 10.0 Å². The fraction of sp³-hybridized carbons (Fsp3) is 0.667. The first-order valence-corrected chi connectivity index (χ1v) is 10.2. The third-order valence-corrected chi connectivity index (χ3v) is 7.52. The topological polar surface area (TPSA) is 55.8 Å². The van der Waals surface area contributed by atoms with Crippen LogP contribution in [0.3, 0.4) is 0 Å². The predicted molar refractivity (Wildman–Crippen MR) is 90.3 cm³/mol. The first-order valence-electron chi connectivity index (χ1n) is 8.79. The molecular formula is C18H25NO4S. The van der Waals surface area contributed by atoms with Gasteiger partial charge in [-0.2, -0.15) is 4.31 Å². The van der Waals surface area contributed by atoms with Gasteiger partial charge >= 0.3 is 0 Å². The maximum Gasteiger partial charge on any atom is 0.243 e. The number of hydrogen-bond acceptors (Lipinski definition) is 4. The fourth-order valence-corrected chi connectivity index (χ4v) is 5.52. The Balaban J connectivity index is 1.41. The SMILES string of the molecule is Cc1ccccc1S(=O)(=O)N1CC2(C1)OCCC2COCC1CC1. The van der Waals surface area contributed by atoms with E-state index in [4.69, 9.17) is 9.47 Å². The summed E-state index contributed by atoms with van der Waals surface area (Å²) in [7, 11) is -3.43. The van der Waals surface area contributed by atoms with Gasteiger partial charge in [0.25, 0.3) is 0 Å². The van der Waals surface area contributed by atoms with Crippen LogP contribution < -0.4 is 0 Å². The molecule has 6 heteroatoms. The van der Waals surface area contributed by atoms with Gasteiger partial charge in [-0.15, -0.1) is 0 Å². The largest absolute Gasteiger partial charge is 0.381 e. The summed E-state index contributed by atoms with van der Waals surface area (Å²) in [6, 6.07) is 7.15. The van der Waals surface area contributed by atoms with Gasteiger partial charge in [0.1, 0.15) is 5.60 Å². The van der Waals surface area contributed by atoms with Crippen molar-refractivity contribution in [2.24, 2.45) is 11.8 Å². The van der Waals surface area contributed by atoms with Crippen LogP contribution in [0.4, 0.5) is 0 Å². The van der Waals surface area contributed by atoms with Gasteiger partial charge < -0.3 is 9.47 Å². The van der Waals surface area contributed by atoms with Crippen LogP contribution in [0.5, 0.6) is 0 Å². The van der Waals surface area contributed by atoms with E-state index in [2.05, 4.69) is 0 Å². The summed E-state index contributed by atoms with van der Waals surface area (Å²) in [4.78, 5) is 0.402. The van der Waals surface area contributed by atoms with Gasteiger partial charge in [-0.3, -0.25) is 0 Å². The predicted octanol–water partition coefficient (Wildman–Crippen LogP) is 2.20. The van der Waals surface area contributed by atoms with Crippen molar-refractivity contribution in [3.63, 3.8) is 0 Å². The quantitative estimate of drug-likeness (QED) is 0.788. The summed E-state index contributed by atoms with van der Waals surface area (Å²) in [5, 5.41) is 0. The van der Waals surface area contributed by atoms with Crippen LogP contribution in [-0.2, 0) is 19.5 Å². The van der Waals surface area contributed by atoms with E-state index in [9.17, 15) is 8.42 Å². The Bertz CT molecular complexity index is 707. The standard InChI is InChI=1S/C18H25NO4S/c1-14-4-2-3-5-17(14)24(20,21)19-12-18(13-19)16(8-9-23-18)11-22-10-15-6-7-15/h2-5,15-16H,6-13H2,1H3. The molecule has 0 radical (unpaired) electrons. The summed E-state index contributed by atoms with van der Waals surface area (Å²) >= 11 is 0. The number of rotatable bonds is 6. The molecule has 1 aliphatic carbocycles. The second kappa shape index (κ2) is 6.09. The maximum absolute atomic E-state index is 12.8. The lowest BCUT2D eigenvalue weighted by molar-refractivity contribution is -0.114. The normalized spacial score (nSPS) is 26.6. The summed E-state index contributed by atoms with van der Waals surface area (Å²) in [6.07, 6.45) is 3.53. The Labute approximate surface area is 144 Å². The number of benzene rings is 1. The number of hydrogen-bond donors (Lipinski definition) is 0. The van der Waals surface area contributed by atoms with Gasteiger partial charge in [0.15, 0.2) is 0 Å². The van der Waals surface area contributed by atoms with Crippen molar-refractivity contribution in [1.29, 1.82) is 0 Å². The molecule has 3 fully saturated rings. The highest BCUT2D eigenvalue weighted by Gasteiger charge is 2.56. The molecule has 1 atom stereocenters. The molecule has 2 saturated heterocycles. The van der Waals surface area contributed by atoms with Crippen molar-refractivity contribution in [2.45, 2.75) is 36.7 Å². The summed E-state index contributed by atoms with van der Waals surface area (Å²) < 4.78 is 39.0. The zero-order valence-electron chi connectivity index (χ0n) is 14.1. The highest BCUT2D eigenvalue weighted by molar-refractivity contribution is 7.89. The van der Waals surface area contributed by atoms with Gasteiger partial charge in [0.2, 0.25) is 10.0 Å². The number of aryl methyl sites for hydroxylation is 1. The van der Waals surface area contributed by atoms with E-state index in [1.807, 2.05) is 19.1 Å². The number of nitrogens with zero attached hydrogens (tertiary/aromatic N) is 1. The Kier molecular flexibility index (Phi) is 4.19. The van der Waals surface area contributed by atoms with E-state index in [0.29, 0.717) is 37.1 Å². The number of sulfonamides is 1. The molecule has 0 amide bonds. The molecule has 1 aromatic carbocycles. The maximum atomic E-state index is 12.8. The van der Waals surface area contributed by atoms with Crippen molar-refractivity contribution in [3.05, 3.63) is 29.8 Å². The van der Waals surface area contributed by atoms with Gasteiger partial charge in [0, 0.05) is 32.2 Å². The van der Waals surface area contributed by atoms with Crippen molar-refractivity contribution >= 4 is 10.0 Å². The van der Waals surface area contributed by atoms with Gasteiger partial charge in [0.05, 0.1) is 11.5 Å². The second-order valence-electron chi connectivity index (χ2n) is 7.42. The van der Waals surface area contributed by atoms with Gasteiger partial charge in [-0.1, -0.05) is 18.2 Å². The molecule has 5 nitrogen and oxygen atoms in total. The molecule has 0 N–H and O–H groups in total. The summed E-state index contributed by atoms with van der Waals surface area (Å²) in [5.74, 6) is 1.06. The van der Waals surface area contributed by atoms with Crippen molar-refractivity contribution in [3.8, 4) is 0 Å². The molecule has 1 spiro atoms. The van der Waals surface area contributed by atoms with Crippen LogP contribution in [0.25, 0.3) is 0 Å². The molecular weight excluding hydrogens is 326 g/mol. The van der Waals surface area contributed by atoms with Crippen LogP contribution in [0, 0.1) is 18.8 Å². The van der Waals surface area contributed by atoms with Gasteiger partial charge in [-0.05, 0) is 43.7 Å². The van der Waals surface area contributed by atoms with Crippen LogP contribution in [0.1, 0.15) is 24.8 Å². The van der Waals surface area contributed by atoms with Gasteiger partial charge in [-0.25, -0.2) is 8.42 Å². The molecule has 4 rings (SSSR count). The Morgan fingerprint density at radius 2 is 1.96 bits per heavy atom. The molecule has 2 aliphatic heterocycles. The van der Waals surface area contributed by atoms with E-state index in [1.165, 1.54) is 12.8 Å². The molecule has 132 valence electrons. The molecule has 0 aromatic heterocycles. The average molecular weight is 351 g/mol. The van der Waals surface area contributed by atoms with Crippen molar-refractivity contribution < 1.29 is 17.9 Å². The van der Waals surface area contributed by atoms with Crippen LogP contribution in [0.2, 0.25) is 0 Å². The molecule has 24 heavy (non-hydrogen) atoms. The molecule has 2 heterocycles. The molecule has 3 aliphatic rings. The van der Waals surface area contributed by atoms with E-state index in [1.54, 1.807) is 16.4 Å². The smallest absolute Gasteiger partial charge is 0.243 e. The van der Waals surface area contributed by atoms with Crippen molar-refractivity contribution in [1.82, 2.24) is 4.31 Å². The third kappa shape index (κ3) is 2.90. The fourth-order valence-electron chi connectivity index (χ4n) is 3.74. The zero-order chi connectivity index (χ0) is 16.8. The van der Waals surface area contributed by atoms with Crippen molar-refractivity contribution in [2.75, 3.05) is 32.9 Å². The zero-order valence-corrected chi connectivity index (χ0v) is 14.9. The third-order valence-electron chi connectivity index (χ3n) is 5.57. The lowest BCUT2D eigenvalue weighted by atomic mass is 9.83. The minimum absolute atomic E-state index is 0.305. The van der Waals surface area contributed by atoms with E-state index >= 15 is 0 Å². The van der Waals surface area contributed by atoms with Crippen LogP contribution in [-0.4, -0.2) is 51.2 Å². The van der Waals surface area contributed by atoms with E-state index in [0.717, 1.165) is 24.5 Å². The van der Waals surface area contributed by atoms with E-state index in [-0.39, 0.29) is 5.60 Å². The minimum Gasteiger partial charge on any atom is -0.381 e. The average Bonchev–Trinajstić information content (AvgIpc) is 3.23. The molecule has 1 unspecified atom stereocenters. The second-order valence-corrected chi connectivity index (χ2v) is 9.32.